The summed E-state index contributed by atoms with van der Waals surface area (Å²) in [5.74, 6) is -0.946. The van der Waals surface area contributed by atoms with Gasteiger partial charge in [0.15, 0.2) is 0 Å². The summed E-state index contributed by atoms with van der Waals surface area (Å²) in [4.78, 5) is 22.3. The second-order valence-corrected chi connectivity index (χ2v) is 6.41. The van der Waals surface area contributed by atoms with Gasteiger partial charge in [-0.25, -0.2) is 9.03 Å². The van der Waals surface area contributed by atoms with Gasteiger partial charge in [0.05, 0.1) is 5.69 Å². The molecule has 8 nitrogen and oxygen atoms in total. The van der Waals surface area contributed by atoms with E-state index in [1.807, 2.05) is 4.72 Å². The Kier molecular flexibility index (Phi) is 4.55. The Labute approximate surface area is 128 Å². The van der Waals surface area contributed by atoms with Gasteiger partial charge >= 0.3 is 10.2 Å². The van der Waals surface area contributed by atoms with Crippen LogP contribution in [0.5, 0.6) is 5.75 Å². The Bertz CT molecular complexity index is 702. The first-order valence-corrected chi connectivity index (χ1v) is 8.19. The van der Waals surface area contributed by atoms with E-state index >= 15 is 0 Å². The molecule has 1 aliphatic rings. The minimum Gasteiger partial charge on any atom is -0.506 e. The number of benzene rings is 1. The molecule has 0 atom stereocenters. The molecule has 22 heavy (non-hydrogen) atoms. The number of nitrogens with one attached hydrogen (secondary N) is 2. The lowest BCUT2D eigenvalue weighted by atomic mass is 10.1. The van der Waals surface area contributed by atoms with E-state index in [0.29, 0.717) is 19.4 Å². The Balaban J connectivity index is 2.10. The van der Waals surface area contributed by atoms with Crippen molar-refractivity contribution < 1.29 is 23.1 Å². The van der Waals surface area contributed by atoms with Crippen molar-refractivity contribution in [3.05, 3.63) is 23.8 Å². The second kappa shape index (κ2) is 6.22. The van der Waals surface area contributed by atoms with Crippen LogP contribution in [0.1, 0.15) is 18.9 Å². The molecule has 0 unspecified atom stereocenters. The highest BCUT2D eigenvalue weighted by Gasteiger charge is 2.35. The Morgan fingerprint density at radius 2 is 2.18 bits per heavy atom. The average molecular weight is 327 g/mol. The lowest BCUT2D eigenvalue weighted by Gasteiger charge is -2.16. The van der Waals surface area contributed by atoms with Crippen LogP contribution in [0.4, 0.5) is 5.69 Å². The van der Waals surface area contributed by atoms with Crippen LogP contribution >= 0.6 is 0 Å². The monoisotopic (exact) mass is 327 g/mol. The zero-order chi connectivity index (χ0) is 16.3. The van der Waals surface area contributed by atoms with Gasteiger partial charge in [0, 0.05) is 13.0 Å². The first kappa shape index (κ1) is 16.1. The maximum absolute atomic E-state index is 11.7. The second-order valence-electron chi connectivity index (χ2n) is 4.81. The van der Waals surface area contributed by atoms with Crippen molar-refractivity contribution in [2.45, 2.75) is 19.8 Å². The zero-order valence-electron chi connectivity index (χ0n) is 12.0. The number of hydrogen-bond acceptors (Lipinski definition) is 5. The number of carbonyl (C=O) groups is 2. The van der Waals surface area contributed by atoms with Crippen molar-refractivity contribution in [2.75, 3.05) is 17.4 Å². The first-order valence-electron chi connectivity index (χ1n) is 6.75. The van der Waals surface area contributed by atoms with Crippen LogP contribution in [0.3, 0.4) is 0 Å². The van der Waals surface area contributed by atoms with E-state index in [4.69, 9.17) is 0 Å². The molecule has 0 aromatic heterocycles. The highest BCUT2D eigenvalue weighted by molar-refractivity contribution is 7.92. The third-order valence-electron chi connectivity index (χ3n) is 3.19. The fourth-order valence-electron chi connectivity index (χ4n) is 2.07. The Morgan fingerprint density at radius 3 is 2.73 bits per heavy atom. The number of phenolic OH excluding ortho intramolecular Hbond substituents is 1. The van der Waals surface area contributed by atoms with E-state index in [1.165, 1.54) is 12.1 Å². The molecule has 1 heterocycles. The molecule has 9 heteroatoms. The van der Waals surface area contributed by atoms with Gasteiger partial charge in [-0.1, -0.05) is 13.0 Å². The molecule has 1 aromatic rings. The smallest absolute Gasteiger partial charge is 0.326 e. The van der Waals surface area contributed by atoms with E-state index in [1.54, 1.807) is 13.0 Å². The molecular weight excluding hydrogens is 310 g/mol. The maximum Gasteiger partial charge on any atom is 0.326 e. The van der Waals surface area contributed by atoms with Gasteiger partial charge in [0.25, 0.3) is 5.91 Å². The van der Waals surface area contributed by atoms with Gasteiger partial charge in [-0.05, 0) is 24.1 Å². The highest BCUT2D eigenvalue weighted by Crippen LogP contribution is 2.31. The standard InChI is InChI=1S/C13H17N3O5S/c1-2-12(18)14-6-5-9-3-4-10(11(17)7-9)16-8-13(19)15-22(16,20)21/h3-4,7,17H,2,5-6,8H2,1H3,(H,14,18)(H,15,19). The number of amides is 2. The van der Waals surface area contributed by atoms with E-state index < -0.39 is 16.1 Å². The van der Waals surface area contributed by atoms with E-state index in [2.05, 4.69) is 5.32 Å². The summed E-state index contributed by atoms with van der Waals surface area (Å²) in [5.41, 5.74) is 0.785. The predicted molar refractivity (Wildman–Crippen MR) is 79.5 cm³/mol. The quantitative estimate of drug-likeness (QED) is 0.683. The molecule has 0 saturated carbocycles. The lowest BCUT2D eigenvalue weighted by Crippen LogP contribution is -2.29. The number of anilines is 1. The number of hydrogen-bond donors (Lipinski definition) is 3. The molecule has 1 fully saturated rings. The fourth-order valence-corrected chi connectivity index (χ4v) is 3.23. The van der Waals surface area contributed by atoms with Crippen molar-refractivity contribution in [3.63, 3.8) is 0 Å². The van der Waals surface area contributed by atoms with Crippen LogP contribution in [-0.2, 0) is 26.2 Å². The van der Waals surface area contributed by atoms with Gasteiger partial charge in [0.2, 0.25) is 5.91 Å². The summed E-state index contributed by atoms with van der Waals surface area (Å²) >= 11 is 0. The minimum absolute atomic E-state index is 0.0414. The maximum atomic E-state index is 11.7. The predicted octanol–water partition coefficient (Wildman–Crippen LogP) is -0.358. The fraction of sp³-hybridized carbons (Fsp3) is 0.385. The summed E-state index contributed by atoms with van der Waals surface area (Å²) in [6, 6.07) is 4.50. The van der Waals surface area contributed by atoms with E-state index in [9.17, 15) is 23.1 Å². The van der Waals surface area contributed by atoms with Crippen LogP contribution in [0.25, 0.3) is 0 Å². The van der Waals surface area contributed by atoms with Crippen LogP contribution in [0.2, 0.25) is 0 Å². The van der Waals surface area contributed by atoms with Crippen LogP contribution in [0.15, 0.2) is 18.2 Å². The molecular formula is C13H17N3O5S. The zero-order valence-corrected chi connectivity index (χ0v) is 12.8. The van der Waals surface area contributed by atoms with Gasteiger partial charge in [-0.3, -0.25) is 9.59 Å². The molecule has 2 amide bonds. The molecule has 1 aromatic carbocycles. The van der Waals surface area contributed by atoms with Crippen molar-refractivity contribution in [1.82, 2.24) is 10.0 Å². The Morgan fingerprint density at radius 1 is 1.45 bits per heavy atom. The number of aromatic hydroxyl groups is 1. The largest absolute Gasteiger partial charge is 0.506 e. The number of nitrogens with zero attached hydrogens (tertiary/aromatic N) is 1. The number of phenols is 1. The molecule has 0 radical (unpaired) electrons. The normalized spacial score (nSPS) is 16.4. The molecule has 0 bridgehead atoms. The lowest BCUT2D eigenvalue weighted by molar-refractivity contribution is -0.120. The molecule has 120 valence electrons. The van der Waals surface area contributed by atoms with Gasteiger partial charge in [0.1, 0.15) is 12.3 Å². The van der Waals surface area contributed by atoms with E-state index in [0.717, 1.165) is 9.87 Å². The SMILES string of the molecule is CCC(=O)NCCc1ccc(N2CC(=O)NS2(=O)=O)c(O)c1. The van der Waals surface area contributed by atoms with E-state index in [-0.39, 0.29) is 23.9 Å². The third-order valence-corrected chi connectivity index (χ3v) is 4.58. The summed E-state index contributed by atoms with van der Waals surface area (Å²) in [6.45, 7) is 1.82. The van der Waals surface area contributed by atoms with Crippen LogP contribution < -0.4 is 14.3 Å². The summed E-state index contributed by atoms with van der Waals surface area (Å²) < 4.78 is 26.1. The molecule has 2 rings (SSSR count). The number of rotatable bonds is 5. The van der Waals surface area contributed by atoms with Crippen molar-refractivity contribution in [1.29, 1.82) is 0 Å². The third kappa shape index (κ3) is 3.48. The number of carbonyl (C=O) groups excluding carboxylic acids is 2. The highest BCUT2D eigenvalue weighted by atomic mass is 32.2. The van der Waals surface area contributed by atoms with Crippen molar-refractivity contribution >= 4 is 27.7 Å². The summed E-state index contributed by atoms with van der Waals surface area (Å²) in [7, 11) is -3.94. The van der Waals surface area contributed by atoms with Gasteiger partial charge in [-0.2, -0.15) is 8.42 Å². The first-order chi connectivity index (χ1) is 10.3. The molecule has 0 aliphatic carbocycles. The van der Waals surface area contributed by atoms with Gasteiger partial charge < -0.3 is 10.4 Å². The molecule has 0 spiro atoms. The van der Waals surface area contributed by atoms with Crippen molar-refractivity contribution in [2.24, 2.45) is 0 Å². The summed E-state index contributed by atoms with van der Waals surface area (Å²) in [6.07, 6.45) is 0.904. The molecule has 3 N–H and O–H groups in total. The van der Waals surface area contributed by atoms with Crippen molar-refractivity contribution in [3.8, 4) is 5.75 Å². The topological polar surface area (TPSA) is 116 Å². The average Bonchev–Trinajstić information content (AvgIpc) is 2.71. The molecule has 1 saturated heterocycles. The molecule has 1 aliphatic heterocycles. The van der Waals surface area contributed by atoms with Crippen LogP contribution in [0, 0.1) is 0 Å². The Hall–Kier alpha value is -2.29. The van der Waals surface area contributed by atoms with Crippen LogP contribution in [-0.4, -0.2) is 38.4 Å². The minimum atomic E-state index is -3.94. The summed E-state index contributed by atoms with van der Waals surface area (Å²) in [5, 5.41) is 12.7. The van der Waals surface area contributed by atoms with Gasteiger partial charge in [-0.15, -0.1) is 0 Å².